The molecule has 98 valence electrons. The maximum absolute atomic E-state index is 10.8. The highest BCUT2D eigenvalue weighted by Crippen LogP contribution is 2.25. The Bertz CT molecular complexity index is 413. The molecule has 0 aromatic heterocycles. The Kier molecular flexibility index (Phi) is 4.20. The van der Waals surface area contributed by atoms with Crippen molar-refractivity contribution in [3.63, 3.8) is 0 Å². The molecule has 4 heteroatoms. The third-order valence-electron chi connectivity index (χ3n) is 3.34. The van der Waals surface area contributed by atoms with Gasteiger partial charge in [0.25, 0.3) is 0 Å². The van der Waals surface area contributed by atoms with Crippen LogP contribution in [0.3, 0.4) is 0 Å². The van der Waals surface area contributed by atoms with E-state index in [1.807, 2.05) is 12.1 Å². The van der Waals surface area contributed by atoms with E-state index in [0.717, 1.165) is 18.7 Å². The quantitative estimate of drug-likeness (QED) is 0.868. The van der Waals surface area contributed by atoms with E-state index in [9.17, 15) is 4.79 Å². The molecule has 1 fully saturated rings. The largest absolute Gasteiger partial charge is 0.481 e. The molecule has 0 saturated carbocycles. The van der Waals surface area contributed by atoms with Crippen LogP contribution in [0.2, 0.25) is 0 Å². The Labute approximate surface area is 107 Å². The first kappa shape index (κ1) is 12.9. The molecule has 2 rings (SSSR count). The molecule has 1 N–H and O–H groups in total. The van der Waals surface area contributed by atoms with Gasteiger partial charge in [-0.05, 0) is 25.0 Å². The lowest BCUT2D eigenvalue weighted by atomic mass is 10.1. The van der Waals surface area contributed by atoms with Gasteiger partial charge in [-0.15, -0.1) is 0 Å². The van der Waals surface area contributed by atoms with Crippen molar-refractivity contribution < 1.29 is 14.6 Å². The smallest absolute Gasteiger partial charge is 0.305 e. The zero-order valence-electron chi connectivity index (χ0n) is 10.6. The van der Waals surface area contributed by atoms with Gasteiger partial charge in [-0.3, -0.25) is 4.79 Å². The summed E-state index contributed by atoms with van der Waals surface area (Å²) in [4.78, 5) is 13.0. The predicted octanol–water partition coefficient (Wildman–Crippen LogP) is 2.07. The minimum absolute atomic E-state index is 0.158. The van der Waals surface area contributed by atoms with E-state index in [1.54, 1.807) is 0 Å². The Morgan fingerprint density at radius 1 is 1.50 bits per heavy atom. The summed E-state index contributed by atoms with van der Waals surface area (Å²) in [5.74, 6) is -0.757. The number of carbonyl (C=O) groups is 1. The molecule has 1 unspecified atom stereocenters. The van der Waals surface area contributed by atoms with Crippen LogP contribution in [-0.4, -0.2) is 36.9 Å². The van der Waals surface area contributed by atoms with Crippen LogP contribution < -0.4 is 4.90 Å². The third-order valence-corrected chi connectivity index (χ3v) is 3.34. The molecule has 0 amide bonds. The molecule has 0 spiro atoms. The maximum atomic E-state index is 10.8. The topological polar surface area (TPSA) is 49.8 Å². The van der Waals surface area contributed by atoms with Crippen LogP contribution in [0.25, 0.3) is 0 Å². The highest BCUT2D eigenvalue weighted by Gasteiger charge is 2.24. The van der Waals surface area contributed by atoms with Gasteiger partial charge in [-0.2, -0.15) is 0 Å². The number of anilines is 1. The number of aliphatic carboxylic acids is 1. The first-order chi connectivity index (χ1) is 8.68. The molecule has 1 atom stereocenters. The molecule has 0 radical (unpaired) electrons. The monoisotopic (exact) mass is 249 g/mol. The van der Waals surface area contributed by atoms with Crippen LogP contribution in [0.15, 0.2) is 24.3 Å². The Morgan fingerprint density at radius 2 is 2.28 bits per heavy atom. The van der Waals surface area contributed by atoms with Crippen molar-refractivity contribution >= 4 is 11.7 Å². The average Bonchev–Trinajstić information content (AvgIpc) is 2.85. The molecule has 1 aromatic carbocycles. The van der Waals surface area contributed by atoms with E-state index < -0.39 is 5.97 Å². The zero-order valence-corrected chi connectivity index (χ0v) is 10.6. The molecule has 0 bridgehead atoms. The number of nitrogens with zero attached hydrogens (tertiary/aromatic N) is 1. The van der Waals surface area contributed by atoms with Crippen LogP contribution in [0.5, 0.6) is 0 Å². The van der Waals surface area contributed by atoms with Crippen molar-refractivity contribution in [3.05, 3.63) is 29.8 Å². The van der Waals surface area contributed by atoms with Gasteiger partial charge in [0.2, 0.25) is 0 Å². The number of carboxylic acids is 1. The second kappa shape index (κ2) is 5.87. The van der Waals surface area contributed by atoms with Crippen molar-refractivity contribution in [2.24, 2.45) is 0 Å². The average molecular weight is 249 g/mol. The summed E-state index contributed by atoms with van der Waals surface area (Å²) in [5.41, 5.74) is 2.30. The lowest BCUT2D eigenvalue weighted by molar-refractivity contribution is -0.136. The molecule has 1 aliphatic heterocycles. The summed E-state index contributed by atoms with van der Waals surface area (Å²) in [6.07, 6.45) is 1.12. The van der Waals surface area contributed by atoms with E-state index in [1.165, 1.54) is 5.56 Å². The summed E-state index contributed by atoms with van der Waals surface area (Å²) in [5, 5.41) is 8.86. The Balaban J connectivity index is 2.17. The van der Waals surface area contributed by atoms with Gasteiger partial charge in [0.1, 0.15) is 0 Å². The van der Waals surface area contributed by atoms with Gasteiger partial charge in [0, 0.05) is 18.8 Å². The number of rotatable bonds is 5. The highest BCUT2D eigenvalue weighted by atomic mass is 16.5. The number of carboxylic acid groups (broad SMARTS) is 1. The zero-order chi connectivity index (χ0) is 13.0. The number of hydrogen-bond acceptors (Lipinski definition) is 3. The van der Waals surface area contributed by atoms with E-state index in [0.29, 0.717) is 19.2 Å². The van der Waals surface area contributed by atoms with Gasteiger partial charge in [0.15, 0.2) is 0 Å². The number of aryl methyl sites for hydroxylation is 1. The fourth-order valence-electron chi connectivity index (χ4n) is 2.37. The molecule has 1 aliphatic rings. The van der Waals surface area contributed by atoms with E-state index in [4.69, 9.17) is 9.84 Å². The van der Waals surface area contributed by atoms with Gasteiger partial charge < -0.3 is 14.7 Å². The lowest BCUT2D eigenvalue weighted by Crippen LogP contribution is -2.37. The predicted molar refractivity (Wildman–Crippen MR) is 70.0 cm³/mol. The molecule has 18 heavy (non-hydrogen) atoms. The van der Waals surface area contributed by atoms with Crippen molar-refractivity contribution in [3.8, 4) is 0 Å². The fourth-order valence-corrected chi connectivity index (χ4v) is 2.37. The van der Waals surface area contributed by atoms with E-state index in [2.05, 4.69) is 24.0 Å². The SMILES string of the molecule is Cc1ccccc1N(CCC(=O)O)C1CCOC1. The van der Waals surface area contributed by atoms with Crippen LogP contribution in [0.4, 0.5) is 5.69 Å². The Morgan fingerprint density at radius 3 is 2.89 bits per heavy atom. The van der Waals surface area contributed by atoms with E-state index in [-0.39, 0.29) is 6.42 Å². The van der Waals surface area contributed by atoms with Crippen molar-refractivity contribution in [2.75, 3.05) is 24.7 Å². The summed E-state index contributed by atoms with van der Waals surface area (Å²) in [6.45, 7) is 4.04. The molecule has 4 nitrogen and oxygen atoms in total. The van der Waals surface area contributed by atoms with Crippen molar-refractivity contribution in [1.29, 1.82) is 0 Å². The van der Waals surface area contributed by atoms with Gasteiger partial charge >= 0.3 is 5.97 Å². The second-order valence-electron chi connectivity index (χ2n) is 4.64. The second-order valence-corrected chi connectivity index (χ2v) is 4.64. The third kappa shape index (κ3) is 3.01. The van der Waals surface area contributed by atoms with Gasteiger partial charge in [-0.25, -0.2) is 0 Å². The number of ether oxygens (including phenoxy) is 1. The molecular formula is C14H19NO3. The maximum Gasteiger partial charge on any atom is 0.305 e. The van der Waals surface area contributed by atoms with E-state index >= 15 is 0 Å². The van der Waals surface area contributed by atoms with Crippen LogP contribution in [-0.2, 0) is 9.53 Å². The number of hydrogen-bond donors (Lipinski definition) is 1. The summed E-state index contributed by atoms with van der Waals surface area (Å²) >= 11 is 0. The molecule has 1 aromatic rings. The van der Waals surface area contributed by atoms with Crippen LogP contribution in [0.1, 0.15) is 18.4 Å². The van der Waals surface area contributed by atoms with Crippen LogP contribution >= 0.6 is 0 Å². The highest BCUT2D eigenvalue weighted by molar-refractivity contribution is 5.68. The Hall–Kier alpha value is -1.55. The lowest BCUT2D eigenvalue weighted by Gasteiger charge is -2.31. The standard InChI is InChI=1S/C14H19NO3/c1-11-4-2-3-5-13(11)15(8-6-14(16)17)12-7-9-18-10-12/h2-5,12H,6-10H2,1H3,(H,16,17). The molecular weight excluding hydrogens is 230 g/mol. The molecule has 0 aliphatic carbocycles. The minimum Gasteiger partial charge on any atom is -0.481 e. The minimum atomic E-state index is -0.757. The molecule has 1 saturated heterocycles. The first-order valence-electron chi connectivity index (χ1n) is 6.30. The normalized spacial score (nSPS) is 18.8. The summed E-state index contributed by atoms with van der Waals surface area (Å²) in [6, 6.07) is 8.39. The van der Waals surface area contributed by atoms with Gasteiger partial charge in [-0.1, -0.05) is 18.2 Å². The first-order valence-corrected chi connectivity index (χ1v) is 6.30. The van der Waals surface area contributed by atoms with Crippen molar-refractivity contribution in [2.45, 2.75) is 25.8 Å². The van der Waals surface area contributed by atoms with Crippen molar-refractivity contribution in [1.82, 2.24) is 0 Å². The molecule has 1 heterocycles. The number of benzene rings is 1. The van der Waals surface area contributed by atoms with Gasteiger partial charge in [0.05, 0.1) is 19.1 Å². The van der Waals surface area contributed by atoms with Crippen LogP contribution in [0, 0.1) is 6.92 Å². The fraction of sp³-hybridized carbons (Fsp3) is 0.500. The number of para-hydroxylation sites is 1. The summed E-state index contributed by atoms with van der Waals surface area (Å²) in [7, 11) is 0. The summed E-state index contributed by atoms with van der Waals surface area (Å²) < 4.78 is 5.42.